The first-order chi connectivity index (χ1) is 6.36. The minimum Gasteiger partial charge on any atom is -0.330 e. The topological polar surface area (TPSA) is 49.8 Å². The van der Waals surface area contributed by atoms with Crippen molar-refractivity contribution in [3.05, 3.63) is 35.4 Å². The first kappa shape index (κ1) is 11.7. The lowest BCUT2D eigenvalue weighted by Crippen LogP contribution is -2.02. The molecular weight excluding hydrogens is 160 g/mol. The second-order valence-electron chi connectivity index (χ2n) is 2.35. The van der Waals surface area contributed by atoms with Crippen LogP contribution in [-0.4, -0.2) is 6.54 Å². The molecule has 1 aromatic rings. The molecule has 2 heteroatoms. The zero-order valence-electron chi connectivity index (χ0n) is 8.25. The first-order valence-corrected chi connectivity index (χ1v) is 4.56. The van der Waals surface area contributed by atoms with Gasteiger partial charge in [-0.2, -0.15) is 5.26 Å². The van der Waals surface area contributed by atoms with Gasteiger partial charge in [0.25, 0.3) is 0 Å². The average molecular weight is 176 g/mol. The molecule has 0 saturated heterocycles. The van der Waals surface area contributed by atoms with Gasteiger partial charge in [0, 0.05) is 0 Å². The SMILES string of the molecule is CC.N#Cc1ccc(CCN)cc1. The van der Waals surface area contributed by atoms with Crippen molar-refractivity contribution >= 4 is 0 Å². The summed E-state index contributed by atoms with van der Waals surface area (Å²) in [5, 5.41) is 8.48. The fourth-order valence-corrected chi connectivity index (χ4v) is 0.913. The number of nitriles is 1. The van der Waals surface area contributed by atoms with Gasteiger partial charge in [0.2, 0.25) is 0 Å². The molecule has 0 spiro atoms. The average Bonchev–Trinajstić information content (AvgIpc) is 2.23. The molecule has 0 aliphatic carbocycles. The molecule has 0 bridgehead atoms. The molecular formula is C11H16N2. The summed E-state index contributed by atoms with van der Waals surface area (Å²) in [6.45, 7) is 4.66. The molecule has 2 N–H and O–H groups in total. The van der Waals surface area contributed by atoms with Crippen LogP contribution in [0.5, 0.6) is 0 Å². The number of rotatable bonds is 2. The predicted molar refractivity (Wildman–Crippen MR) is 55.3 cm³/mol. The fourth-order valence-electron chi connectivity index (χ4n) is 0.913. The molecule has 2 nitrogen and oxygen atoms in total. The Morgan fingerprint density at radius 3 is 2.15 bits per heavy atom. The smallest absolute Gasteiger partial charge is 0.0991 e. The summed E-state index contributed by atoms with van der Waals surface area (Å²) >= 11 is 0. The Labute approximate surface area is 80.0 Å². The van der Waals surface area contributed by atoms with Crippen LogP contribution >= 0.6 is 0 Å². The quantitative estimate of drug-likeness (QED) is 0.750. The van der Waals surface area contributed by atoms with E-state index in [0.29, 0.717) is 12.1 Å². The molecule has 0 aliphatic heterocycles. The summed E-state index contributed by atoms with van der Waals surface area (Å²) in [6.07, 6.45) is 0.881. The van der Waals surface area contributed by atoms with Crippen molar-refractivity contribution in [1.82, 2.24) is 0 Å². The van der Waals surface area contributed by atoms with Gasteiger partial charge in [-0.05, 0) is 30.7 Å². The molecule has 0 atom stereocenters. The molecule has 0 aliphatic rings. The summed E-state index contributed by atoms with van der Waals surface area (Å²) in [7, 11) is 0. The second kappa shape index (κ2) is 7.33. The number of nitrogens with two attached hydrogens (primary N) is 1. The van der Waals surface area contributed by atoms with Crippen LogP contribution in [0.15, 0.2) is 24.3 Å². The molecule has 1 aromatic carbocycles. The molecule has 0 saturated carbocycles. The summed E-state index contributed by atoms with van der Waals surface area (Å²) in [5.41, 5.74) is 7.25. The lowest BCUT2D eigenvalue weighted by molar-refractivity contribution is 0.968. The Bertz CT molecular complexity index is 256. The molecule has 13 heavy (non-hydrogen) atoms. The normalized spacial score (nSPS) is 8.15. The maximum atomic E-state index is 8.48. The molecule has 0 aromatic heterocycles. The number of nitrogens with zero attached hydrogens (tertiary/aromatic N) is 1. The van der Waals surface area contributed by atoms with Gasteiger partial charge in [0.05, 0.1) is 11.6 Å². The van der Waals surface area contributed by atoms with Gasteiger partial charge in [-0.3, -0.25) is 0 Å². The Morgan fingerprint density at radius 1 is 1.23 bits per heavy atom. The molecule has 0 heterocycles. The third-order valence-corrected chi connectivity index (χ3v) is 1.52. The van der Waals surface area contributed by atoms with E-state index in [-0.39, 0.29) is 0 Å². The minimum atomic E-state index is 0.659. The highest BCUT2D eigenvalue weighted by atomic mass is 14.5. The van der Waals surface area contributed by atoms with Crippen LogP contribution in [0.3, 0.4) is 0 Å². The summed E-state index contributed by atoms with van der Waals surface area (Å²) in [4.78, 5) is 0. The Balaban J connectivity index is 0.000000671. The van der Waals surface area contributed by atoms with Gasteiger partial charge in [-0.15, -0.1) is 0 Å². The standard InChI is InChI=1S/C9H10N2.C2H6/c10-6-5-8-1-3-9(7-11)4-2-8;1-2/h1-4H,5-6,10H2;1-2H3. The summed E-state index contributed by atoms with van der Waals surface area (Å²) in [5.74, 6) is 0. The lowest BCUT2D eigenvalue weighted by Gasteiger charge is -1.96. The highest BCUT2D eigenvalue weighted by Crippen LogP contribution is 2.02. The van der Waals surface area contributed by atoms with Crippen LogP contribution in [0, 0.1) is 11.3 Å². The van der Waals surface area contributed by atoms with Crippen molar-refractivity contribution in [1.29, 1.82) is 5.26 Å². The van der Waals surface area contributed by atoms with Gasteiger partial charge in [0.1, 0.15) is 0 Å². The number of benzene rings is 1. The van der Waals surface area contributed by atoms with Crippen LogP contribution in [0.2, 0.25) is 0 Å². The van der Waals surface area contributed by atoms with Crippen LogP contribution in [-0.2, 0) is 6.42 Å². The van der Waals surface area contributed by atoms with Gasteiger partial charge in [-0.25, -0.2) is 0 Å². The lowest BCUT2D eigenvalue weighted by atomic mass is 10.1. The van der Waals surface area contributed by atoms with Gasteiger partial charge >= 0.3 is 0 Å². The van der Waals surface area contributed by atoms with Crippen LogP contribution < -0.4 is 5.73 Å². The third-order valence-electron chi connectivity index (χ3n) is 1.52. The van der Waals surface area contributed by atoms with Crippen molar-refractivity contribution in [2.75, 3.05) is 6.54 Å². The molecule has 70 valence electrons. The highest BCUT2D eigenvalue weighted by Gasteiger charge is 1.90. The van der Waals surface area contributed by atoms with Crippen molar-refractivity contribution in [3.63, 3.8) is 0 Å². The molecule has 0 unspecified atom stereocenters. The highest BCUT2D eigenvalue weighted by molar-refractivity contribution is 5.31. The molecule has 0 amide bonds. The zero-order valence-corrected chi connectivity index (χ0v) is 8.25. The van der Waals surface area contributed by atoms with E-state index in [1.54, 1.807) is 0 Å². The maximum Gasteiger partial charge on any atom is 0.0991 e. The van der Waals surface area contributed by atoms with Crippen molar-refractivity contribution < 1.29 is 0 Å². The van der Waals surface area contributed by atoms with E-state index < -0.39 is 0 Å². The molecule has 0 fully saturated rings. The Morgan fingerprint density at radius 2 is 1.77 bits per heavy atom. The van der Waals surface area contributed by atoms with E-state index in [1.165, 1.54) is 5.56 Å². The fraction of sp³-hybridized carbons (Fsp3) is 0.364. The number of hydrogen-bond donors (Lipinski definition) is 1. The van der Waals surface area contributed by atoms with Gasteiger partial charge < -0.3 is 5.73 Å². The predicted octanol–water partition coefficient (Wildman–Crippen LogP) is 2.09. The number of hydrogen-bond acceptors (Lipinski definition) is 2. The zero-order chi connectivity index (χ0) is 10.1. The minimum absolute atomic E-state index is 0.659. The van der Waals surface area contributed by atoms with Crippen LogP contribution in [0.25, 0.3) is 0 Å². The Hall–Kier alpha value is -1.33. The molecule has 1 rings (SSSR count). The third kappa shape index (κ3) is 4.29. The monoisotopic (exact) mass is 176 g/mol. The van der Waals surface area contributed by atoms with E-state index in [0.717, 1.165) is 6.42 Å². The molecule has 0 radical (unpaired) electrons. The van der Waals surface area contributed by atoms with Gasteiger partial charge in [-0.1, -0.05) is 26.0 Å². The second-order valence-corrected chi connectivity index (χ2v) is 2.35. The van der Waals surface area contributed by atoms with Crippen LogP contribution in [0.1, 0.15) is 25.0 Å². The van der Waals surface area contributed by atoms with Crippen molar-refractivity contribution in [2.24, 2.45) is 5.73 Å². The van der Waals surface area contributed by atoms with Crippen molar-refractivity contribution in [3.8, 4) is 6.07 Å². The van der Waals surface area contributed by atoms with E-state index in [9.17, 15) is 0 Å². The van der Waals surface area contributed by atoms with E-state index in [4.69, 9.17) is 11.0 Å². The van der Waals surface area contributed by atoms with E-state index >= 15 is 0 Å². The van der Waals surface area contributed by atoms with E-state index in [2.05, 4.69) is 6.07 Å². The van der Waals surface area contributed by atoms with E-state index in [1.807, 2.05) is 38.1 Å². The largest absolute Gasteiger partial charge is 0.330 e. The van der Waals surface area contributed by atoms with Crippen molar-refractivity contribution in [2.45, 2.75) is 20.3 Å². The summed E-state index contributed by atoms with van der Waals surface area (Å²) in [6, 6.07) is 9.56. The van der Waals surface area contributed by atoms with Crippen LogP contribution in [0.4, 0.5) is 0 Å². The van der Waals surface area contributed by atoms with Gasteiger partial charge in [0.15, 0.2) is 0 Å². The Kier molecular flexibility index (Phi) is 6.58. The maximum absolute atomic E-state index is 8.48. The summed E-state index contributed by atoms with van der Waals surface area (Å²) < 4.78 is 0. The first-order valence-electron chi connectivity index (χ1n) is 4.56.